The van der Waals surface area contributed by atoms with Gasteiger partial charge in [-0.2, -0.15) is 0 Å². The van der Waals surface area contributed by atoms with Crippen LogP contribution >= 0.6 is 0 Å². The third-order valence-corrected chi connectivity index (χ3v) is 6.50. The molecule has 3 aromatic rings. The molecule has 182 valence electrons. The molecule has 1 aliphatic heterocycles. The second-order valence-corrected chi connectivity index (χ2v) is 9.04. The Balaban J connectivity index is 1.35. The Labute approximate surface area is 202 Å². The predicted molar refractivity (Wildman–Crippen MR) is 125 cm³/mol. The Hall–Kier alpha value is -4.08. The molecule has 3 heterocycles. The largest absolute Gasteiger partial charge is 0.497 e. The van der Waals surface area contributed by atoms with E-state index in [1.165, 1.54) is 12.6 Å². The van der Waals surface area contributed by atoms with E-state index in [-0.39, 0.29) is 42.3 Å². The molecular weight excluding hydrogens is 450 g/mol. The molecule has 5 rings (SSSR count). The van der Waals surface area contributed by atoms with Gasteiger partial charge in [-0.05, 0) is 49.6 Å². The number of nitrogens with zero attached hydrogens (tertiary/aromatic N) is 3. The van der Waals surface area contributed by atoms with Gasteiger partial charge in [-0.15, -0.1) is 0 Å². The lowest BCUT2D eigenvalue weighted by Crippen LogP contribution is -2.64. The minimum absolute atomic E-state index is 0.0399. The van der Waals surface area contributed by atoms with Crippen molar-refractivity contribution in [3.8, 4) is 5.75 Å². The van der Waals surface area contributed by atoms with Gasteiger partial charge < -0.3 is 29.3 Å². The molecular formula is C25H27N5O5. The zero-order valence-electron chi connectivity index (χ0n) is 19.6. The minimum Gasteiger partial charge on any atom is -0.497 e. The fourth-order valence-corrected chi connectivity index (χ4v) is 4.50. The van der Waals surface area contributed by atoms with E-state index in [0.29, 0.717) is 12.3 Å². The lowest BCUT2D eigenvalue weighted by molar-refractivity contribution is -0.133. The number of furan rings is 1. The Morgan fingerprint density at radius 3 is 2.60 bits per heavy atom. The summed E-state index contributed by atoms with van der Waals surface area (Å²) in [5.74, 6) is 0.255. The Morgan fingerprint density at radius 2 is 1.94 bits per heavy atom. The van der Waals surface area contributed by atoms with Crippen LogP contribution in [0.2, 0.25) is 0 Å². The van der Waals surface area contributed by atoms with Crippen LogP contribution in [0.1, 0.15) is 52.1 Å². The fourth-order valence-electron chi connectivity index (χ4n) is 4.50. The molecule has 2 N–H and O–H groups in total. The third-order valence-electron chi connectivity index (χ3n) is 6.50. The summed E-state index contributed by atoms with van der Waals surface area (Å²) < 4.78 is 12.0. The van der Waals surface area contributed by atoms with Gasteiger partial charge in [0.15, 0.2) is 5.69 Å². The van der Waals surface area contributed by atoms with Crippen molar-refractivity contribution in [2.75, 3.05) is 7.11 Å². The molecule has 0 saturated heterocycles. The second-order valence-electron chi connectivity index (χ2n) is 9.04. The number of benzene rings is 1. The molecule has 1 fully saturated rings. The van der Waals surface area contributed by atoms with E-state index in [4.69, 9.17) is 9.15 Å². The van der Waals surface area contributed by atoms with Gasteiger partial charge in [-0.3, -0.25) is 14.4 Å². The van der Waals surface area contributed by atoms with E-state index in [0.717, 1.165) is 24.2 Å². The van der Waals surface area contributed by atoms with Gasteiger partial charge in [0.2, 0.25) is 5.91 Å². The summed E-state index contributed by atoms with van der Waals surface area (Å²) in [6.07, 6.45) is 4.62. The lowest BCUT2D eigenvalue weighted by Gasteiger charge is -2.44. The summed E-state index contributed by atoms with van der Waals surface area (Å²) in [4.78, 5) is 45.8. The van der Waals surface area contributed by atoms with Gasteiger partial charge in [0, 0.05) is 12.6 Å². The van der Waals surface area contributed by atoms with Crippen molar-refractivity contribution in [1.29, 1.82) is 0 Å². The number of fused-ring (bicyclic) bond motifs is 1. The van der Waals surface area contributed by atoms with Crippen molar-refractivity contribution in [2.45, 2.75) is 51.0 Å². The van der Waals surface area contributed by atoms with Crippen LogP contribution in [0.3, 0.4) is 0 Å². The van der Waals surface area contributed by atoms with Gasteiger partial charge in [0.25, 0.3) is 11.8 Å². The standard InChI is InChI=1S/C25H27N5O5/c1-25(24(33)27-12-16-5-9-18(34-2)10-6-16)14-29-15-28-20(21(29)23(32)30(25)17-7-8-17)22(31)26-13-19-4-3-11-35-19/h3-6,9-11,15,17H,7-8,12-14H2,1-2H3,(H,26,31)(H,27,33). The number of hydrogen-bond donors (Lipinski definition) is 2. The molecule has 0 spiro atoms. The number of carbonyl (C=O) groups excluding carboxylic acids is 3. The molecule has 1 aromatic carbocycles. The highest BCUT2D eigenvalue weighted by Gasteiger charge is 2.53. The van der Waals surface area contributed by atoms with E-state index in [9.17, 15) is 14.4 Å². The average Bonchev–Trinajstić information content (AvgIpc) is 3.37. The molecule has 1 atom stereocenters. The smallest absolute Gasteiger partial charge is 0.274 e. The van der Waals surface area contributed by atoms with E-state index < -0.39 is 11.4 Å². The first kappa shape index (κ1) is 22.7. The number of amides is 3. The van der Waals surface area contributed by atoms with Crippen molar-refractivity contribution in [3.63, 3.8) is 0 Å². The average molecular weight is 478 g/mol. The highest BCUT2D eigenvalue weighted by molar-refractivity contribution is 6.07. The first-order valence-electron chi connectivity index (χ1n) is 11.5. The topological polar surface area (TPSA) is 119 Å². The summed E-state index contributed by atoms with van der Waals surface area (Å²) in [5.41, 5.74) is 0.0595. The number of ether oxygens (including phenoxy) is 1. The number of hydrogen-bond acceptors (Lipinski definition) is 6. The van der Waals surface area contributed by atoms with Crippen molar-refractivity contribution in [3.05, 3.63) is 71.7 Å². The van der Waals surface area contributed by atoms with Crippen molar-refractivity contribution in [1.82, 2.24) is 25.1 Å². The molecule has 35 heavy (non-hydrogen) atoms. The molecule has 2 aliphatic rings. The van der Waals surface area contributed by atoms with E-state index in [1.54, 1.807) is 35.6 Å². The quantitative estimate of drug-likeness (QED) is 0.513. The summed E-state index contributed by atoms with van der Waals surface area (Å²) >= 11 is 0. The van der Waals surface area contributed by atoms with Crippen molar-refractivity contribution in [2.24, 2.45) is 0 Å². The van der Waals surface area contributed by atoms with Gasteiger partial charge in [-0.1, -0.05) is 12.1 Å². The Morgan fingerprint density at radius 1 is 1.17 bits per heavy atom. The second kappa shape index (κ2) is 8.94. The van der Waals surface area contributed by atoms with Crippen molar-refractivity contribution < 1.29 is 23.5 Å². The van der Waals surface area contributed by atoms with Crippen LogP contribution in [-0.2, 0) is 24.4 Å². The molecule has 10 nitrogen and oxygen atoms in total. The van der Waals surface area contributed by atoms with E-state index >= 15 is 0 Å². The number of rotatable bonds is 8. The SMILES string of the molecule is COc1ccc(CNC(=O)C2(C)Cn3cnc(C(=O)NCc4ccco4)c3C(=O)N2C2CC2)cc1. The van der Waals surface area contributed by atoms with Crippen LogP contribution in [0, 0.1) is 0 Å². The van der Waals surface area contributed by atoms with Crippen LogP contribution in [0.25, 0.3) is 0 Å². The zero-order valence-corrected chi connectivity index (χ0v) is 19.6. The Bertz CT molecular complexity index is 1250. The van der Waals surface area contributed by atoms with Crippen LogP contribution in [0.4, 0.5) is 0 Å². The number of nitrogens with one attached hydrogen (secondary N) is 2. The first-order chi connectivity index (χ1) is 16.9. The van der Waals surface area contributed by atoms with Crippen LogP contribution < -0.4 is 15.4 Å². The highest BCUT2D eigenvalue weighted by Crippen LogP contribution is 2.38. The van der Waals surface area contributed by atoms with Gasteiger partial charge in [-0.25, -0.2) is 4.98 Å². The maximum absolute atomic E-state index is 13.7. The molecule has 0 radical (unpaired) electrons. The molecule has 10 heteroatoms. The van der Waals surface area contributed by atoms with E-state index in [1.807, 2.05) is 24.3 Å². The molecule has 2 aromatic heterocycles. The van der Waals surface area contributed by atoms with Crippen LogP contribution in [0.5, 0.6) is 5.75 Å². The monoisotopic (exact) mass is 477 g/mol. The number of carbonyl (C=O) groups is 3. The molecule has 1 unspecified atom stereocenters. The number of imidazole rings is 1. The normalized spacial score (nSPS) is 19.3. The maximum Gasteiger partial charge on any atom is 0.274 e. The first-order valence-corrected chi connectivity index (χ1v) is 11.5. The predicted octanol–water partition coefficient (Wildman–Crippen LogP) is 2.11. The third kappa shape index (κ3) is 4.27. The fraction of sp³-hybridized carbons (Fsp3) is 0.360. The van der Waals surface area contributed by atoms with Gasteiger partial charge >= 0.3 is 0 Å². The highest BCUT2D eigenvalue weighted by atomic mass is 16.5. The van der Waals surface area contributed by atoms with Crippen LogP contribution in [0.15, 0.2) is 53.4 Å². The maximum atomic E-state index is 13.7. The summed E-state index contributed by atoms with van der Waals surface area (Å²) in [7, 11) is 1.60. The molecule has 3 amide bonds. The van der Waals surface area contributed by atoms with Gasteiger partial charge in [0.05, 0.1) is 32.8 Å². The van der Waals surface area contributed by atoms with E-state index in [2.05, 4.69) is 15.6 Å². The van der Waals surface area contributed by atoms with Crippen molar-refractivity contribution >= 4 is 17.7 Å². The number of methoxy groups -OCH3 is 1. The van der Waals surface area contributed by atoms with Crippen LogP contribution in [-0.4, -0.2) is 50.9 Å². The minimum atomic E-state index is -1.11. The summed E-state index contributed by atoms with van der Waals surface area (Å²) in [6, 6.07) is 10.9. The molecule has 1 aliphatic carbocycles. The molecule has 1 saturated carbocycles. The Kier molecular flexibility index (Phi) is 5.80. The lowest BCUT2D eigenvalue weighted by atomic mass is 9.93. The zero-order chi connectivity index (χ0) is 24.6. The molecule has 0 bridgehead atoms. The number of aromatic nitrogens is 2. The summed E-state index contributed by atoms with van der Waals surface area (Å²) in [6.45, 7) is 2.48. The summed E-state index contributed by atoms with van der Waals surface area (Å²) in [5, 5.41) is 5.72. The van der Waals surface area contributed by atoms with Gasteiger partial charge in [0.1, 0.15) is 22.7 Å².